The lowest BCUT2D eigenvalue weighted by Crippen LogP contribution is -2.47. The highest BCUT2D eigenvalue weighted by Gasteiger charge is 2.41. The lowest BCUT2D eigenvalue weighted by atomic mass is 9.96. The minimum atomic E-state index is -0.570. The number of hydrogen-bond acceptors (Lipinski definition) is 4. The first-order valence-electron chi connectivity index (χ1n) is 7.74. The number of nitrogens with zero attached hydrogens (tertiary/aromatic N) is 1. The zero-order valence-corrected chi connectivity index (χ0v) is 12.7. The smallest absolute Gasteiger partial charge is 0.284 e. The molecule has 2 aliphatic rings. The molecule has 2 bridgehead atoms. The zero-order valence-electron chi connectivity index (χ0n) is 12.7. The number of furan rings is 1. The summed E-state index contributed by atoms with van der Waals surface area (Å²) < 4.78 is 11.2. The van der Waals surface area contributed by atoms with Crippen LogP contribution in [0.3, 0.4) is 0 Å². The minimum absolute atomic E-state index is 0.157. The van der Waals surface area contributed by atoms with E-state index in [0.717, 1.165) is 25.3 Å². The molecular formula is C15H22N4O3. The van der Waals surface area contributed by atoms with Gasteiger partial charge in [0.1, 0.15) is 12.3 Å². The summed E-state index contributed by atoms with van der Waals surface area (Å²) in [5.41, 5.74) is 5.17. The van der Waals surface area contributed by atoms with E-state index < -0.39 is 5.91 Å². The number of nitrogens with two attached hydrogens (primary N) is 1. The maximum Gasteiger partial charge on any atom is 0.284 e. The first-order chi connectivity index (χ1) is 10.7. The summed E-state index contributed by atoms with van der Waals surface area (Å²) in [6.07, 6.45) is 4.00. The third-order valence-corrected chi connectivity index (χ3v) is 4.07. The molecule has 7 heteroatoms. The molecule has 4 N–H and O–H groups in total. The Morgan fingerprint density at radius 1 is 1.45 bits per heavy atom. The molecule has 3 rings (SSSR count). The predicted octanol–water partition coefficient (Wildman–Crippen LogP) is 0.754. The predicted molar refractivity (Wildman–Crippen MR) is 81.5 cm³/mol. The molecule has 1 amide bonds. The van der Waals surface area contributed by atoms with Gasteiger partial charge in [0.25, 0.3) is 5.91 Å². The van der Waals surface area contributed by atoms with E-state index in [1.807, 2.05) is 6.92 Å². The molecular weight excluding hydrogens is 284 g/mol. The summed E-state index contributed by atoms with van der Waals surface area (Å²) in [5, 5.41) is 6.65. The van der Waals surface area contributed by atoms with Crippen molar-refractivity contribution in [2.24, 2.45) is 10.7 Å². The second-order valence-corrected chi connectivity index (χ2v) is 5.69. The number of hydrogen-bond donors (Lipinski definition) is 3. The minimum Gasteiger partial charge on any atom is -0.454 e. The lowest BCUT2D eigenvalue weighted by Gasteiger charge is -2.22. The summed E-state index contributed by atoms with van der Waals surface area (Å²) in [6.45, 7) is 3.15. The van der Waals surface area contributed by atoms with E-state index in [-0.39, 0.29) is 5.76 Å². The Labute approximate surface area is 129 Å². The van der Waals surface area contributed by atoms with Gasteiger partial charge in [-0.3, -0.25) is 4.79 Å². The molecule has 1 aromatic rings. The molecule has 0 aliphatic carbocycles. The van der Waals surface area contributed by atoms with Crippen molar-refractivity contribution in [2.75, 3.05) is 6.54 Å². The molecule has 3 unspecified atom stereocenters. The average molecular weight is 306 g/mol. The zero-order chi connectivity index (χ0) is 15.5. The molecule has 2 aliphatic heterocycles. The van der Waals surface area contributed by atoms with Gasteiger partial charge in [-0.25, -0.2) is 4.99 Å². The van der Waals surface area contributed by atoms with E-state index in [1.165, 1.54) is 6.42 Å². The largest absolute Gasteiger partial charge is 0.454 e. The van der Waals surface area contributed by atoms with Gasteiger partial charge in [0.2, 0.25) is 0 Å². The number of nitrogens with one attached hydrogen (secondary N) is 2. The average Bonchev–Trinajstić information content (AvgIpc) is 3.21. The Hall–Kier alpha value is -2.02. The van der Waals surface area contributed by atoms with Gasteiger partial charge in [0.05, 0.1) is 18.2 Å². The number of carbonyl (C=O) groups excluding carboxylic acids is 1. The molecule has 0 radical (unpaired) electrons. The number of amides is 1. The highest BCUT2D eigenvalue weighted by Crippen LogP contribution is 2.34. The molecule has 2 saturated heterocycles. The first-order valence-corrected chi connectivity index (χ1v) is 7.74. The van der Waals surface area contributed by atoms with E-state index in [4.69, 9.17) is 14.9 Å². The van der Waals surface area contributed by atoms with E-state index in [9.17, 15) is 4.79 Å². The van der Waals surface area contributed by atoms with Gasteiger partial charge in [0, 0.05) is 6.54 Å². The topological polar surface area (TPSA) is 102 Å². The molecule has 7 nitrogen and oxygen atoms in total. The van der Waals surface area contributed by atoms with E-state index in [0.29, 0.717) is 30.6 Å². The fraction of sp³-hybridized carbons (Fsp3) is 0.600. The fourth-order valence-electron chi connectivity index (χ4n) is 3.04. The van der Waals surface area contributed by atoms with E-state index in [2.05, 4.69) is 15.6 Å². The molecule has 2 fully saturated rings. The summed E-state index contributed by atoms with van der Waals surface area (Å²) in [7, 11) is 0. The van der Waals surface area contributed by atoms with Gasteiger partial charge < -0.3 is 25.5 Å². The van der Waals surface area contributed by atoms with Crippen LogP contribution in [0.5, 0.6) is 0 Å². The quantitative estimate of drug-likeness (QED) is 0.550. The molecule has 0 spiro atoms. The summed E-state index contributed by atoms with van der Waals surface area (Å²) in [6, 6.07) is 3.60. The van der Waals surface area contributed by atoms with Crippen LogP contribution in [0.25, 0.3) is 0 Å². The summed E-state index contributed by atoms with van der Waals surface area (Å²) >= 11 is 0. The standard InChI is InChI=1S/C15H22N4O3/c1-2-17-15(19-11-7-9-3-5-12(11)21-9)18-8-10-4-6-13(22-10)14(16)20/h4,6,9,11-12H,2-3,5,7-8H2,1H3,(H2,16,20)(H2,17,18,19). The normalized spacial score (nSPS) is 27.1. The van der Waals surface area contributed by atoms with Crippen LogP contribution in [0, 0.1) is 0 Å². The van der Waals surface area contributed by atoms with Crippen molar-refractivity contribution in [3.05, 3.63) is 23.7 Å². The Bertz CT molecular complexity index is 569. The summed E-state index contributed by atoms with van der Waals surface area (Å²) in [5.74, 6) is 0.930. The number of fused-ring (bicyclic) bond motifs is 2. The SMILES string of the molecule is CCNC(=NCc1ccc(C(N)=O)o1)NC1CC2CCC1O2. The number of carbonyl (C=O) groups is 1. The highest BCUT2D eigenvalue weighted by atomic mass is 16.5. The van der Waals surface area contributed by atoms with Crippen LogP contribution in [0.2, 0.25) is 0 Å². The number of ether oxygens (including phenoxy) is 1. The molecule has 22 heavy (non-hydrogen) atoms. The molecule has 1 aromatic heterocycles. The summed E-state index contributed by atoms with van der Waals surface area (Å²) in [4.78, 5) is 15.5. The van der Waals surface area contributed by atoms with Gasteiger partial charge >= 0.3 is 0 Å². The van der Waals surface area contributed by atoms with Crippen LogP contribution in [0.4, 0.5) is 0 Å². The van der Waals surface area contributed by atoms with Crippen molar-refractivity contribution in [3.8, 4) is 0 Å². The molecule has 120 valence electrons. The highest BCUT2D eigenvalue weighted by molar-refractivity contribution is 5.89. The number of guanidine groups is 1. The van der Waals surface area contributed by atoms with Crippen molar-refractivity contribution in [2.45, 2.75) is 51.0 Å². The Morgan fingerprint density at radius 3 is 2.91 bits per heavy atom. The second-order valence-electron chi connectivity index (χ2n) is 5.69. The maximum absolute atomic E-state index is 11.0. The third kappa shape index (κ3) is 3.24. The monoisotopic (exact) mass is 306 g/mol. The van der Waals surface area contributed by atoms with Gasteiger partial charge in [-0.15, -0.1) is 0 Å². The van der Waals surface area contributed by atoms with Crippen LogP contribution < -0.4 is 16.4 Å². The molecule has 3 atom stereocenters. The molecule has 3 heterocycles. The van der Waals surface area contributed by atoms with Gasteiger partial charge in [0.15, 0.2) is 11.7 Å². The Kier molecular flexibility index (Phi) is 4.33. The number of primary amides is 1. The van der Waals surface area contributed by atoms with Crippen LogP contribution >= 0.6 is 0 Å². The first kappa shape index (κ1) is 14.9. The van der Waals surface area contributed by atoms with Crippen LogP contribution in [0.15, 0.2) is 21.5 Å². The Morgan fingerprint density at radius 2 is 2.32 bits per heavy atom. The van der Waals surface area contributed by atoms with Crippen molar-refractivity contribution in [3.63, 3.8) is 0 Å². The fourth-order valence-corrected chi connectivity index (χ4v) is 3.04. The lowest BCUT2D eigenvalue weighted by molar-refractivity contribution is 0.0971. The van der Waals surface area contributed by atoms with E-state index in [1.54, 1.807) is 12.1 Å². The second kappa shape index (κ2) is 6.39. The van der Waals surface area contributed by atoms with Gasteiger partial charge in [-0.05, 0) is 38.3 Å². The van der Waals surface area contributed by atoms with Crippen LogP contribution in [-0.2, 0) is 11.3 Å². The van der Waals surface area contributed by atoms with Gasteiger partial charge in [-0.1, -0.05) is 0 Å². The van der Waals surface area contributed by atoms with Crippen molar-refractivity contribution in [1.29, 1.82) is 0 Å². The maximum atomic E-state index is 11.0. The third-order valence-electron chi connectivity index (χ3n) is 4.07. The van der Waals surface area contributed by atoms with E-state index >= 15 is 0 Å². The number of aliphatic imine (C=N–C) groups is 1. The van der Waals surface area contributed by atoms with Gasteiger partial charge in [-0.2, -0.15) is 0 Å². The molecule has 0 aromatic carbocycles. The van der Waals surface area contributed by atoms with Crippen molar-refractivity contribution < 1.29 is 13.9 Å². The van der Waals surface area contributed by atoms with Crippen molar-refractivity contribution >= 4 is 11.9 Å². The van der Waals surface area contributed by atoms with Crippen molar-refractivity contribution in [1.82, 2.24) is 10.6 Å². The Balaban J connectivity index is 1.61. The van der Waals surface area contributed by atoms with Crippen LogP contribution in [-0.4, -0.2) is 36.7 Å². The number of rotatable bonds is 5. The molecule has 0 saturated carbocycles. The van der Waals surface area contributed by atoms with Crippen LogP contribution in [0.1, 0.15) is 42.5 Å².